The van der Waals surface area contributed by atoms with Crippen LogP contribution in [0.2, 0.25) is 5.54 Å². The van der Waals surface area contributed by atoms with E-state index in [1.165, 1.54) is 0 Å². The van der Waals surface area contributed by atoms with Crippen LogP contribution >= 0.6 is 0 Å². The van der Waals surface area contributed by atoms with E-state index < -0.39 is 26.7 Å². The Kier molecular flexibility index (Phi) is 2.90. The monoisotopic (exact) mass is 284 g/mol. The molecule has 1 saturated carbocycles. The molecule has 0 spiro atoms. The zero-order valence-corrected chi connectivity index (χ0v) is 12.1. The van der Waals surface area contributed by atoms with Gasteiger partial charge in [0.2, 0.25) is 0 Å². The van der Waals surface area contributed by atoms with Crippen LogP contribution in [-0.4, -0.2) is 42.1 Å². The average Bonchev–Trinajstić information content (AvgIpc) is 3.06. The molecular weight excluding hydrogens is 268 g/mol. The van der Waals surface area contributed by atoms with E-state index in [0.29, 0.717) is 12.0 Å². The van der Waals surface area contributed by atoms with Crippen molar-refractivity contribution < 1.29 is 27.6 Å². The first-order valence-corrected chi connectivity index (χ1v) is 8.01. The third-order valence-electron chi connectivity index (χ3n) is 4.56. The van der Waals surface area contributed by atoms with Crippen LogP contribution in [0.5, 0.6) is 0 Å². The fraction of sp³-hybridized carbons (Fsp3) is 0.667. The van der Waals surface area contributed by atoms with Crippen molar-refractivity contribution in [3.63, 3.8) is 0 Å². The van der Waals surface area contributed by atoms with E-state index in [1.54, 1.807) is 21.3 Å². The van der Waals surface area contributed by atoms with Crippen molar-refractivity contribution in [3.05, 3.63) is 11.1 Å². The lowest BCUT2D eigenvalue weighted by Gasteiger charge is -2.35. The minimum atomic E-state index is -2.80. The van der Waals surface area contributed by atoms with E-state index in [4.69, 9.17) is 18.0 Å². The maximum Gasteiger partial charge on any atom is 0.504 e. The van der Waals surface area contributed by atoms with E-state index in [1.807, 2.05) is 0 Å². The Morgan fingerprint density at radius 3 is 2.32 bits per heavy atom. The second kappa shape index (κ2) is 4.24. The number of allylic oxidation sites excluding steroid dienone is 1. The first-order chi connectivity index (χ1) is 9.07. The van der Waals surface area contributed by atoms with E-state index in [-0.39, 0.29) is 11.5 Å². The molecule has 3 rings (SSSR count). The van der Waals surface area contributed by atoms with Crippen molar-refractivity contribution in [2.24, 2.45) is 11.8 Å². The number of ether oxygens (including phenoxy) is 1. The van der Waals surface area contributed by atoms with Crippen molar-refractivity contribution in [2.45, 2.75) is 18.4 Å². The minimum absolute atomic E-state index is 0.00969. The Bertz CT molecular complexity index is 472. The van der Waals surface area contributed by atoms with Crippen LogP contribution in [0.25, 0.3) is 0 Å². The quantitative estimate of drug-likeness (QED) is 0.429. The normalized spacial score (nSPS) is 33.1. The summed E-state index contributed by atoms with van der Waals surface area (Å²) in [5, 5.41) is 0. The summed E-state index contributed by atoms with van der Waals surface area (Å²) in [7, 11) is 1.90. The smallest absolute Gasteiger partial charge is 0.389 e. The van der Waals surface area contributed by atoms with Gasteiger partial charge in [-0.3, -0.25) is 4.79 Å². The van der Waals surface area contributed by atoms with Crippen LogP contribution in [0.4, 0.5) is 0 Å². The third kappa shape index (κ3) is 1.52. The number of hydrogen-bond donors (Lipinski definition) is 0. The Morgan fingerprint density at radius 2 is 1.74 bits per heavy atom. The molecule has 7 heteroatoms. The molecule has 2 aliphatic carbocycles. The van der Waals surface area contributed by atoms with Gasteiger partial charge in [0, 0.05) is 26.9 Å². The highest BCUT2D eigenvalue weighted by Gasteiger charge is 2.64. The second-order valence-corrected chi connectivity index (χ2v) is 8.27. The van der Waals surface area contributed by atoms with Gasteiger partial charge in [-0.1, -0.05) is 5.57 Å². The molecule has 0 aromatic rings. The molecule has 1 heterocycles. The Balaban J connectivity index is 1.98. The van der Waals surface area contributed by atoms with Gasteiger partial charge in [-0.15, -0.1) is 0 Å². The van der Waals surface area contributed by atoms with E-state index in [0.717, 1.165) is 12.0 Å². The summed E-state index contributed by atoms with van der Waals surface area (Å²) >= 11 is 0. The van der Waals surface area contributed by atoms with Crippen LogP contribution in [0.15, 0.2) is 11.1 Å². The van der Waals surface area contributed by atoms with Crippen molar-refractivity contribution in [3.8, 4) is 0 Å². The average molecular weight is 284 g/mol. The molecule has 6 nitrogen and oxygen atoms in total. The summed E-state index contributed by atoms with van der Waals surface area (Å²) in [4.78, 5) is 23.4. The van der Waals surface area contributed by atoms with Gasteiger partial charge >= 0.3 is 20.7 Å². The molecule has 3 atom stereocenters. The molecule has 0 aromatic heterocycles. The molecule has 0 radical (unpaired) electrons. The number of carbonyl (C=O) groups is 2. The predicted molar refractivity (Wildman–Crippen MR) is 64.9 cm³/mol. The minimum Gasteiger partial charge on any atom is -0.389 e. The maximum absolute atomic E-state index is 11.8. The molecule has 2 bridgehead atoms. The largest absolute Gasteiger partial charge is 0.504 e. The summed E-state index contributed by atoms with van der Waals surface area (Å²) in [6.45, 7) is 0. The molecule has 3 aliphatic rings. The van der Waals surface area contributed by atoms with Gasteiger partial charge in [0.05, 0.1) is 11.5 Å². The molecule has 104 valence electrons. The van der Waals surface area contributed by atoms with Gasteiger partial charge < -0.3 is 18.0 Å². The molecule has 0 amide bonds. The lowest BCUT2D eigenvalue weighted by molar-refractivity contribution is -0.153. The molecule has 1 aliphatic heterocycles. The van der Waals surface area contributed by atoms with Crippen molar-refractivity contribution in [2.75, 3.05) is 21.3 Å². The number of fused-ring (bicyclic) bond motifs is 4. The lowest BCUT2D eigenvalue weighted by atomic mass is 9.87. The Morgan fingerprint density at radius 1 is 1.11 bits per heavy atom. The Hall–Kier alpha value is -1.02. The highest BCUT2D eigenvalue weighted by molar-refractivity contribution is 6.62. The van der Waals surface area contributed by atoms with Crippen LogP contribution < -0.4 is 0 Å². The Labute approximate surface area is 112 Å². The van der Waals surface area contributed by atoms with Gasteiger partial charge in [0.25, 0.3) is 0 Å². The number of rotatable bonds is 4. The van der Waals surface area contributed by atoms with Gasteiger partial charge in [-0.25, -0.2) is 4.79 Å². The second-order valence-electron chi connectivity index (χ2n) is 5.10. The molecule has 3 unspecified atom stereocenters. The van der Waals surface area contributed by atoms with Gasteiger partial charge in [0.1, 0.15) is 0 Å². The van der Waals surface area contributed by atoms with Crippen molar-refractivity contribution in [1.82, 2.24) is 0 Å². The summed E-state index contributed by atoms with van der Waals surface area (Å²) in [5.41, 5.74) is 1.62. The molecule has 0 aromatic carbocycles. The molecule has 19 heavy (non-hydrogen) atoms. The number of cyclic esters (lactones) is 2. The molecular formula is C12H16O6Si. The van der Waals surface area contributed by atoms with Crippen molar-refractivity contribution in [1.29, 1.82) is 0 Å². The zero-order valence-electron chi connectivity index (χ0n) is 11.1. The third-order valence-corrected chi connectivity index (χ3v) is 7.81. The van der Waals surface area contributed by atoms with E-state index >= 15 is 0 Å². The fourth-order valence-corrected chi connectivity index (χ4v) is 6.54. The van der Waals surface area contributed by atoms with Crippen LogP contribution in [-0.2, 0) is 27.6 Å². The summed E-state index contributed by atoms with van der Waals surface area (Å²) in [6.07, 6.45) is 1.44. The van der Waals surface area contributed by atoms with Crippen LogP contribution in [0.1, 0.15) is 12.8 Å². The van der Waals surface area contributed by atoms with E-state index in [2.05, 4.69) is 0 Å². The lowest BCUT2D eigenvalue weighted by Crippen LogP contribution is -2.50. The van der Waals surface area contributed by atoms with Crippen molar-refractivity contribution >= 4 is 20.7 Å². The number of carbonyl (C=O) groups excluding carboxylic acids is 2. The van der Waals surface area contributed by atoms with Gasteiger partial charge in [-0.05, 0) is 18.8 Å². The summed E-state index contributed by atoms with van der Waals surface area (Å²) in [5.74, 6) is -1.33. The SMILES string of the molecule is CO[Si](OC)(OC)C1CC2=C3C(=O)OC(=O)C3C1C2. The number of hydrogen-bond acceptors (Lipinski definition) is 6. The fourth-order valence-electron chi connectivity index (χ4n) is 3.80. The standard InChI is InChI=1S/C12H16O6Si/c1-15-19(16-2,17-3)8-5-6-4-7(8)10-9(6)11(13)18-12(10)14/h7-8,10H,4-5H2,1-3H3. The topological polar surface area (TPSA) is 71.1 Å². The maximum atomic E-state index is 11.8. The van der Waals surface area contributed by atoms with Gasteiger partial charge in [0.15, 0.2) is 0 Å². The molecule has 0 N–H and O–H groups in total. The predicted octanol–water partition coefficient (Wildman–Crippen LogP) is 0.654. The first kappa shape index (κ1) is 13.0. The number of esters is 2. The van der Waals surface area contributed by atoms with Gasteiger partial charge in [-0.2, -0.15) is 0 Å². The molecule has 1 saturated heterocycles. The first-order valence-electron chi connectivity index (χ1n) is 6.21. The highest BCUT2D eigenvalue weighted by atomic mass is 28.4. The van der Waals surface area contributed by atoms with Crippen LogP contribution in [0.3, 0.4) is 0 Å². The van der Waals surface area contributed by atoms with Crippen LogP contribution in [0, 0.1) is 11.8 Å². The summed E-state index contributed by atoms with van der Waals surface area (Å²) < 4.78 is 21.3. The highest BCUT2D eigenvalue weighted by Crippen LogP contribution is 2.60. The summed E-state index contributed by atoms with van der Waals surface area (Å²) in [6, 6.07) is 0. The molecule has 2 fully saturated rings. The van der Waals surface area contributed by atoms with E-state index in [9.17, 15) is 9.59 Å². The zero-order chi connectivity index (χ0) is 13.8.